The number of esters is 1. The van der Waals surface area contributed by atoms with Crippen molar-refractivity contribution in [3.8, 4) is 17.2 Å². The van der Waals surface area contributed by atoms with E-state index in [2.05, 4.69) is 0 Å². The lowest BCUT2D eigenvalue weighted by molar-refractivity contribution is -0.137. The van der Waals surface area contributed by atoms with Gasteiger partial charge < -0.3 is 4.74 Å². The smallest absolute Gasteiger partial charge is 0.348 e. The molecule has 0 fully saturated rings. The summed E-state index contributed by atoms with van der Waals surface area (Å²) in [5, 5.41) is 9.00. The number of rotatable bonds is 4. The SMILES string of the molecule is CCOC(=O)C(C#N)=Cc1ccc(-c2ccccc2)cc1. The molecule has 104 valence electrons. The molecule has 0 aromatic heterocycles. The molecule has 0 unspecified atom stereocenters. The van der Waals surface area contributed by atoms with E-state index in [1.807, 2.05) is 60.7 Å². The number of ether oxygens (including phenoxy) is 1. The highest BCUT2D eigenvalue weighted by atomic mass is 16.5. The Balaban J connectivity index is 2.23. The van der Waals surface area contributed by atoms with Crippen molar-refractivity contribution in [1.29, 1.82) is 5.26 Å². The third-order valence-electron chi connectivity index (χ3n) is 2.94. The van der Waals surface area contributed by atoms with E-state index >= 15 is 0 Å². The fourth-order valence-electron chi connectivity index (χ4n) is 1.91. The predicted octanol–water partition coefficient (Wildman–Crippen LogP) is 3.82. The zero-order valence-electron chi connectivity index (χ0n) is 11.7. The fourth-order valence-corrected chi connectivity index (χ4v) is 1.91. The number of nitriles is 1. The highest BCUT2D eigenvalue weighted by Gasteiger charge is 2.09. The van der Waals surface area contributed by atoms with Gasteiger partial charge in [-0.3, -0.25) is 0 Å². The normalized spacial score (nSPS) is 10.8. The van der Waals surface area contributed by atoms with Crippen molar-refractivity contribution in [3.63, 3.8) is 0 Å². The summed E-state index contributed by atoms with van der Waals surface area (Å²) in [4.78, 5) is 11.6. The molecule has 0 heterocycles. The molecule has 2 aromatic carbocycles. The molecule has 0 aliphatic carbocycles. The van der Waals surface area contributed by atoms with Gasteiger partial charge in [-0.1, -0.05) is 54.6 Å². The van der Waals surface area contributed by atoms with Gasteiger partial charge in [-0.2, -0.15) is 5.26 Å². The largest absolute Gasteiger partial charge is 0.462 e. The molecule has 0 amide bonds. The van der Waals surface area contributed by atoms with Gasteiger partial charge in [0.2, 0.25) is 0 Å². The van der Waals surface area contributed by atoms with Gasteiger partial charge in [0.05, 0.1) is 6.61 Å². The molecule has 0 aliphatic rings. The van der Waals surface area contributed by atoms with Gasteiger partial charge in [0.25, 0.3) is 0 Å². The molecule has 21 heavy (non-hydrogen) atoms. The molecule has 3 heteroatoms. The first-order chi connectivity index (χ1) is 10.2. The molecular weight excluding hydrogens is 262 g/mol. The van der Waals surface area contributed by atoms with Crippen LogP contribution in [0.4, 0.5) is 0 Å². The molecule has 2 rings (SSSR count). The van der Waals surface area contributed by atoms with Crippen molar-refractivity contribution in [2.75, 3.05) is 6.61 Å². The lowest BCUT2D eigenvalue weighted by atomic mass is 10.0. The van der Waals surface area contributed by atoms with Crippen molar-refractivity contribution in [2.24, 2.45) is 0 Å². The van der Waals surface area contributed by atoms with E-state index in [0.29, 0.717) is 0 Å². The van der Waals surface area contributed by atoms with Crippen molar-refractivity contribution in [3.05, 3.63) is 65.7 Å². The number of hydrogen-bond acceptors (Lipinski definition) is 3. The van der Waals surface area contributed by atoms with Gasteiger partial charge in [-0.25, -0.2) is 4.79 Å². The number of carbonyl (C=O) groups excluding carboxylic acids is 1. The quantitative estimate of drug-likeness (QED) is 0.485. The predicted molar refractivity (Wildman–Crippen MR) is 82.1 cm³/mol. The number of nitrogens with zero attached hydrogens (tertiary/aromatic N) is 1. The second-order valence-electron chi connectivity index (χ2n) is 4.38. The van der Waals surface area contributed by atoms with E-state index < -0.39 is 5.97 Å². The van der Waals surface area contributed by atoms with Crippen molar-refractivity contribution >= 4 is 12.0 Å². The number of benzene rings is 2. The highest BCUT2D eigenvalue weighted by molar-refractivity contribution is 5.97. The van der Waals surface area contributed by atoms with Crippen LogP contribution >= 0.6 is 0 Å². The standard InChI is InChI=1S/C18H15NO2/c1-2-21-18(20)17(13-19)12-14-8-10-16(11-9-14)15-6-4-3-5-7-15/h3-12H,2H2,1H3. The summed E-state index contributed by atoms with van der Waals surface area (Å²) >= 11 is 0. The van der Waals surface area contributed by atoms with Crippen LogP contribution in [0.3, 0.4) is 0 Å². The van der Waals surface area contributed by atoms with Crippen LogP contribution in [-0.2, 0) is 9.53 Å². The summed E-state index contributed by atoms with van der Waals surface area (Å²) in [5.41, 5.74) is 3.00. The molecule has 0 aliphatic heterocycles. The van der Waals surface area contributed by atoms with E-state index in [4.69, 9.17) is 10.00 Å². The average Bonchev–Trinajstić information content (AvgIpc) is 2.54. The summed E-state index contributed by atoms with van der Waals surface area (Å²) in [7, 11) is 0. The van der Waals surface area contributed by atoms with E-state index in [1.165, 1.54) is 6.08 Å². The first kappa shape index (κ1) is 14.5. The maximum Gasteiger partial charge on any atom is 0.348 e. The maximum absolute atomic E-state index is 11.6. The minimum atomic E-state index is -0.591. The Morgan fingerprint density at radius 3 is 2.29 bits per heavy atom. The van der Waals surface area contributed by atoms with Gasteiger partial charge in [-0.15, -0.1) is 0 Å². The minimum Gasteiger partial charge on any atom is -0.462 e. The van der Waals surface area contributed by atoms with Crippen molar-refractivity contribution < 1.29 is 9.53 Å². The molecule has 3 nitrogen and oxygen atoms in total. The maximum atomic E-state index is 11.6. The van der Waals surface area contributed by atoms with Gasteiger partial charge in [0.1, 0.15) is 11.6 Å². The van der Waals surface area contributed by atoms with Crippen LogP contribution in [0.1, 0.15) is 12.5 Å². The Kier molecular flexibility index (Phi) is 4.89. The van der Waals surface area contributed by atoms with E-state index in [0.717, 1.165) is 16.7 Å². The van der Waals surface area contributed by atoms with Crippen LogP contribution < -0.4 is 0 Å². The van der Waals surface area contributed by atoms with Crippen LogP contribution in [0.2, 0.25) is 0 Å². The lowest BCUT2D eigenvalue weighted by Crippen LogP contribution is -2.05. The van der Waals surface area contributed by atoms with Gasteiger partial charge >= 0.3 is 5.97 Å². The zero-order chi connectivity index (χ0) is 15.1. The molecule has 0 saturated carbocycles. The Morgan fingerprint density at radius 1 is 1.10 bits per heavy atom. The summed E-state index contributed by atoms with van der Waals surface area (Å²) in [6.07, 6.45) is 1.53. The third-order valence-corrected chi connectivity index (χ3v) is 2.94. The highest BCUT2D eigenvalue weighted by Crippen LogP contribution is 2.20. The Labute approximate surface area is 124 Å². The average molecular weight is 277 g/mol. The first-order valence-corrected chi connectivity index (χ1v) is 6.69. The summed E-state index contributed by atoms with van der Waals surface area (Å²) < 4.78 is 4.83. The Hall–Kier alpha value is -2.86. The molecule has 0 saturated heterocycles. The monoisotopic (exact) mass is 277 g/mol. The summed E-state index contributed by atoms with van der Waals surface area (Å²) in [6, 6.07) is 19.5. The second-order valence-corrected chi connectivity index (χ2v) is 4.38. The van der Waals surface area contributed by atoms with Crippen LogP contribution in [0.25, 0.3) is 17.2 Å². The van der Waals surface area contributed by atoms with Crippen LogP contribution in [0, 0.1) is 11.3 Å². The molecule has 0 bridgehead atoms. The molecular formula is C18H15NO2. The van der Waals surface area contributed by atoms with E-state index in [1.54, 1.807) is 6.92 Å². The number of hydrogen-bond donors (Lipinski definition) is 0. The molecule has 0 radical (unpaired) electrons. The Bertz CT molecular complexity index is 679. The summed E-state index contributed by atoms with van der Waals surface area (Å²) in [5.74, 6) is -0.591. The van der Waals surface area contributed by atoms with Gasteiger partial charge in [-0.05, 0) is 29.7 Å². The van der Waals surface area contributed by atoms with Crippen molar-refractivity contribution in [1.82, 2.24) is 0 Å². The van der Waals surface area contributed by atoms with Crippen LogP contribution in [-0.4, -0.2) is 12.6 Å². The Morgan fingerprint density at radius 2 is 1.71 bits per heavy atom. The summed E-state index contributed by atoms with van der Waals surface area (Å²) in [6.45, 7) is 1.96. The molecule has 0 N–H and O–H groups in total. The van der Waals surface area contributed by atoms with Crippen LogP contribution in [0.15, 0.2) is 60.2 Å². The van der Waals surface area contributed by atoms with E-state index in [-0.39, 0.29) is 12.2 Å². The van der Waals surface area contributed by atoms with Crippen LogP contribution in [0.5, 0.6) is 0 Å². The zero-order valence-corrected chi connectivity index (χ0v) is 11.7. The van der Waals surface area contributed by atoms with Crippen molar-refractivity contribution in [2.45, 2.75) is 6.92 Å². The van der Waals surface area contributed by atoms with Gasteiger partial charge in [0.15, 0.2) is 0 Å². The fraction of sp³-hybridized carbons (Fsp3) is 0.111. The molecule has 0 atom stereocenters. The topological polar surface area (TPSA) is 50.1 Å². The minimum absolute atomic E-state index is 0.00399. The van der Waals surface area contributed by atoms with E-state index in [9.17, 15) is 4.79 Å². The lowest BCUT2D eigenvalue weighted by Gasteiger charge is -2.03. The number of carbonyl (C=O) groups is 1. The molecule has 0 spiro atoms. The molecule has 2 aromatic rings. The first-order valence-electron chi connectivity index (χ1n) is 6.69. The van der Waals surface area contributed by atoms with Gasteiger partial charge in [0, 0.05) is 0 Å². The third kappa shape index (κ3) is 3.80. The second kappa shape index (κ2) is 7.06.